The second-order valence-electron chi connectivity index (χ2n) is 6.67. The van der Waals surface area contributed by atoms with Crippen molar-refractivity contribution in [1.82, 2.24) is 0 Å². The van der Waals surface area contributed by atoms with Crippen molar-refractivity contribution in [3.8, 4) is 5.75 Å². The Labute approximate surface area is 154 Å². The molecule has 0 aliphatic carbocycles. The Kier molecular flexibility index (Phi) is 4.20. The zero-order chi connectivity index (χ0) is 18.1. The maximum Gasteiger partial charge on any atom is 0.415 e. The molecule has 0 amide bonds. The fourth-order valence-electron chi connectivity index (χ4n) is 3.50. The molecule has 0 fully saturated rings. The van der Waals surface area contributed by atoms with Crippen LogP contribution in [0.2, 0.25) is 0 Å². The molecule has 0 spiro atoms. The molecule has 0 aromatic heterocycles. The summed E-state index contributed by atoms with van der Waals surface area (Å²) >= 11 is 0. The number of hydrogen-bond donors (Lipinski definition) is 2. The van der Waals surface area contributed by atoms with Crippen molar-refractivity contribution in [2.75, 3.05) is 17.6 Å². The summed E-state index contributed by atoms with van der Waals surface area (Å²) in [7, 11) is 1.71. The number of nitrogens with one attached hydrogen (secondary N) is 2. The van der Waals surface area contributed by atoms with E-state index in [9.17, 15) is 0 Å². The fraction of sp³-hybridized carbons (Fsp3) is 0.136. The molecule has 128 valence electrons. The van der Waals surface area contributed by atoms with Crippen LogP contribution in [-0.2, 0) is 0 Å². The molecule has 0 radical (unpaired) electrons. The van der Waals surface area contributed by atoms with Gasteiger partial charge in [-0.25, -0.2) is 0 Å². The van der Waals surface area contributed by atoms with Gasteiger partial charge in [0.25, 0.3) is 0 Å². The highest BCUT2D eigenvalue weighted by Crippen LogP contribution is 2.37. The van der Waals surface area contributed by atoms with E-state index in [4.69, 9.17) is 4.74 Å². The first-order chi connectivity index (χ1) is 12.7. The number of anilines is 2. The first-order valence-electron chi connectivity index (χ1n) is 8.79. The van der Waals surface area contributed by atoms with Crippen molar-refractivity contribution in [1.29, 1.82) is 0 Å². The molecule has 1 heterocycles. The largest absolute Gasteiger partial charge is 0.496 e. The van der Waals surface area contributed by atoms with Gasteiger partial charge < -0.3 is 15.2 Å². The van der Waals surface area contributed by atoms with Crippen LogP contribution in [0.1, 0.15) is 19.4 Å². The third kappa shape index (κ3) is 2.85. The summed E-state index contributed by atoms with van der Waals surface area (Å²) < 4.78 is 5.60. The molecule has 4 heteroatoms. The molecule has 3 nitrogen and oxygen atoms in total. The van der Waals surface area contributed by atoms with Crippen LogP contribution in [0, 0.1) is 0 Å². The first-order valence-corrected chi connectivity index (χ1v) is 8.79. The molecular formula is C22H21BN2O. The predicted molar refractivity (Wildman–Crippen MR) is 112 cm³/mol. The molecule has 0 atom stereocenters. The molecule has 1 aliphatic heterocycles. The van der Waals surface area contributed by atoms with Gasteiger partial charge >= 0.3 is 6.98 Å². The molecule has 26 heavy (non-hydrogen) atoms. The number of ether oxygens (including phenoxy) is 1. The van der Waals surface area contributed by atoms with Crippen molar-refractivity contribution in [2.45, 2.75) is 13.8 Å². The minimum absolute atomic E-state index is 0.0956. The number of allylic oxidation sites excluding steroid dienone is 1. The summed E-state index contributed by atoms with van der Waals surface area (Å²) in [6.07, 6.45) is 0. The Morgan fingerprint density at radius 1 is 0.885 bits per heavy atom. The molecule has 0 saturated carbocycles. The highest BCUT2D eigenvalue weighted by molar-refractivity contribution is 6.85. The van der Waals surface area contributed by atoms with Gasteiger partial charge in [0.05, 0.1) is 7.11 Å². The zero-order valence-electron chi connectivity index (χ0n) is 15.3. The molecule has 1 aliphatic rings. The first kappa shape index (κ1) is 16.4. The van der Waals surface area contributed by atoms with Gasteiger partial charge in [0.1, 0.15) is 5.75 Å². The average Bonchev–Trinajstić information content (AvgIpc) is 2.66. The van der Waals surface area contributed by atoms with Gasteiger partial charge in [-0.1, -0.05) is 42.5 Å². The van der Waals surface area contributed by atoms with Crippen LogP contribution in [0.4, 0.5) is 11.4 Å². The Balaban J connectivity index is 1.86. The van der Waals surface area contributed by atoms with Crippen molar-refractivity contribution in [3.63, 3.8) is 0 Å². The van der Waals surface area contributed by atoms with E-state index in [1.807, 2.05) is 18.2 Å². The van der Waals surface area contributed by atoms with Gasteiger partial charge in [0, 0.05) is 27.8 Å². The summed E-state index contributed by atoms with van der Waals surface area (Å²) in [4.78, 5) is 0. The van der Waals surface area contributed by atoms with Gasteiger partial charge in [-0.2, -0.15) is 0 Å². The monoisotopic (exact) mass is 340 g/mol. The van der Waals surface area contributed by atoms with E-state index in [0.717, 1.165) is 33.7 Å². The van der Waals surface area contributed by atoms with E-state index < -0.39 is 0 Å². The fourth-order valence-corrected chi connectivity index (χ4v) is 3.50. The number of methoxy groups -OCH3 is 1. The smallest absolute Gasteiger partial charge is 0.415 e. The van der Waals surface area contributed by atoms with E-state index in [-0.39, 0.29) is 6.98 Å². The Hall–Kier alpha value is -3.10. The summed E-state index contributed by atoms with van der Waals surface area (Å²) in [5.74, 6) is 0.844. The third-order valence-corrected chi connectivity index (χ3v) is 4.57. The SMILES string of the molecule is COc1ccccc1C(=C=C(C)C)B1Nc2cccc3cccc(c23)N1. The van der Waals surface area contributed by atoms with E-state index in [0.29, 0.717) is 0 Å². The molecule has 0 bridgehead atoms. The van der Waals surface area contributed by atoms with Crippen LogP contribution in [0.15, 0.2) is 72.0 Å². The van der Waals surface area contributed by atoms with E-state index in [1.165, 1.54) is 10.8 Å². The standard InChI is InChI=1S/C22H21BN2O/c1-15(2)14-18(17-10-4-5-13-21(17)26-3)23-24-19-11-6-8-16-9-7-12-20(25-23)22(16)19/h4-13,24-25H,1-3H3. The lowest BCUT2D eigenvalue weighted by Gasteiger charge is -2.28. The zero-order valence-corrected chi connectivity index (χ0v) is 15.3. The Morgan fingerprint density at radius 2 is 1.54 bits per heavy atom. The average molecular weight is 340 g/mol. The highest BCUT2D eigenvalue weighted by Gasteiger charge is 2.29. The molecule has 3 aromatic rings. The lowest BCUT2D eigenvalue weighted by atomic mass is 9.62. The molecule has 0 saturated heterocycles. The van der Waals surface area contributed by atoms with Crippen LogP contribution >= 0.6 is 0 Å². The molecule has 4 rings (SSSR count). The van der Waals surface area contributed by atoms with Gasteiger partial charge in [0.15, 0.2) is 0 Å². The molecule has 2 N–H and O–H groups in total. The van der Waals surface area contributed by atoms with E-state index in [2.05, 4.69) is 72.5 Å². The summed E-state index contributed by atoms with van der Waals surface area (Å²) in [6.45, 7) is 4.03. The topological polar surface area (TPSA) is 33.3 Å². The number of para-hydroxylation sites is 1. The Morgan fingerprint density at radius 3 is 2.15 bits per heavy atom. The highest BCUT2D eigenvalue weighted by atomic mass is 16.5. The Bertz CT molecular complexity index is 1010. The van der Waals surface area contributed by atoms with Gasteiger partial charge in [-0.3, -0.25) is 0 Å². The summed E-state index contributed by atoms with van der Waals surface area (Å²) in [5, 5.41) is 9.72. The minimum atomic E-state index is -0.0956. The maximum atomic E-state index is 5.60. The van der Waals surface area contributed by atoms with Crippen LogP contribution in [-0.4, -0.2) is 14.1 Å². The molecule has 3 aromatic carbocycles. The lowest BCUT2D eigenvalue weighted by Crippen LogP contribution is -2.38. The predicted octanol–water partition coefficient (Wildman–Crippen LogP) is 5.36. The normalized spacial score (nSPS) is 12.0. The minimum Gasteiger partial charge on any atom is -0.496 e. The van der Waals surface area contributed by atoms with Crippen molar-refractivity contribution in [2.24, 2.45) is 0 Å². The molecule has 0 unspecified atom stereocenters. The van der Waals surface area contributed by atoms with Crippen LogP contribution < -0.4 is 15.2 Å². The number of rotatable bonds is 3. The van der Waals surface area contributed by atoms with Gasteiger partial charge in [0.2, 0.25) is 0 Å². The van der Waals surface area contributed by atoms with Crippen LogP contribution in [0.3, 0.4) is 0 Å². The molecular weight excluding hydrogens is 319 g/mol. The van der Waals surface area contributed by atoms with E-state index >= 15 is 0 Å². The van der Waals surface area contributed by atoms with Crippen LogP contribution in [0.25, 0.3) is 16.2 Å². The summed E-state index contributed by atoms with van der Waals surface area (Å²) in [6, 6.07) is 20.8. The number of hydrogen-bond acceptors (Lipinski definition) is 3. The quantitative estimate of drug-likeness (QED) is 0.497. The van der Waals surface area contributed by atoms with Crippen molar-refractivity contribution >= 4 is 34.6 Å². The van der Waals surface area contributed by atoms with Gasteiger partial charge in [-0.15, -0.1) is 5.73 Å². The lowest BCUT2D eigenvalue weighted by molar-refractivity contribution is 0.413. The summed E-state index contributed by atoms with van der Waals surface area (Å²) in [5.41, 5.74) is 8.98. The second-order valence-corrected chi connectivity index (χ2v) is 6.67. The van der Waals surface area contributed by atoms with E-state index in [1.54, 1.807) is 7.11 Å². The van der Waals surface area contributed by atoms with Crippen molar-refractivity contribution in [3.05, 3.63) is 77.5 Å². The number of benzene rings is 3. The third-order valence-electron chi connectivity index (χ3n) is 4.57. The maximum absolute atomic E-state index is 5.60. The van der Waals surface area contributed by atoms with Crippen LogP contribution in [0.5, 0.6) is 5.75 Å². The second kappa shape index (κ2) is 6.66. The van der Waals surface area contributed by atoms with Gasteiger partial charge in [-0.05, 0) is 43.0 Å². The van der Waals surface area contributed by atoms with Crippen molar-refractivity contribution < 1.29 is 4.74 Å².